The smallest absolute Gasteiger partial charge is 0.394 e. The highest BCUT2D eigenvalue weighted by Gasteiger charge is 2.34. The molecule has 90 valence electrons. The Morgan fingerprint density at radius 2 is 1.94 bits per heavy atom. The van der Waals surface area contributed by atoms with Crippen molar-refractivity contribution >= 4 is 11.6 Å². The first kappa shape index (κ1) is 13.3. The summed E-state index contributed by atoms with van der Waals surface area (Å²) in [6, 6.07) is 3.20. The number of benzene rings is 1. The number of hydrogen-bond donors (Lipinski definition) is 2. The van der Waals surface area contributed by atoms with Crippen molar-refractivity contribution < 1.29 is 18.3 Å². The number of aliphatic hydroxyl groups excluding tert-OH is 1. The summed E-state index contributed by atoms with van der Waals surface area (Å²) < 4.78 is 37.2. The summed E-state index contributed by atoms with van der Waals surface area (Å²) in [5.74, 6) is 0. The number of alkyl halides is 3. The normalized spacial score (nSPS) is 15.9. The minimum Gasteiger partial charge on any atom is -0.394 e. The van der Waals surface area contributed by atoms with Gasteiger partial charge in [-0.15, -0.1) is 0 Å². The Morgan fingerprint density at radius 1 is 1.38 bits per heavy atom. The predicted octanol–water partition coefficient (Wildman–Crippen LogP) is 2.53. The molecule has 0 bridgehead atoms. The van der Waals surface area contributed by atoms with Gasteiger partial charge >= 0.3 is 6.18 Å². The van der Waals surface area contributed by atoms with Gasteiger partial charge in [-0.2, -0.15) is 13.2 Å². The Morgan fingerprint density at radius 3 is 2.31 bits per heavy atom. The molecule has 0 heterocycles. The molecule has 0 saturated carbocycles. The van der Waals surface area contributed by atoms with E-state index in [2.05, 4.69) is 0 Å². The molecule has 1 aromatic rings. The van der Waals surface area contributed by atoms with Crippen molar-refractivity contribution in [3.8, 4) is 0 Å². The molecular formula is C10H11ClF3NO. The number of aliphatic hydroxyl groups is 1. The number of halogens is 4. The van der Waals surface area contributed by atoms with E-state index in [0.29, 0.717) is 5.56 Å². The molecule has 1 rings (SSSR count). The van der Waals surface area contributed by atoms with E-state index >= 15 is 0 Å². The lowest BCUT2D eigenvalue weighted by Gasteiger charge is -2.23. The lowest BCUT2D eigenvalue weighted by molar-refractivity contribution is -0.137. The van der Waals surface area contributed by atoms with E-state index in [1.165, 1.54) is 13.0 Å². The Labute approximate surface area is 95.8 Å². The maximum atomic E-state index is 12.4. The van der Waals surface area contributed by atoms with Gasteiger partial charge in [0, 0.05) is 0 Å². The Balaban J connectivity index is 3.20. The van der Waals surface area contributed by atoms with Crippen LogP contribution >= 0.6 is 11.6 Å². The maximum Gasteiger partial charge on any atom is 0.417 e. The highest BCUT2D eigenvalue weighted by molar-refractivity contribution is 6.31. The molecule has 1 aromatic carbocycles. The van der Waals surface area contributed by atoms with Crippen LogP contribution in [0.1, 0.15) is 18.1 Å². The van der Waals surface area contributed by atoms with E-state index in [1.807, 2.05) is 0 Å². The Kier molecular flexibility index (Phi) is 3.52. The minimum absolute atomic E-state index is 0.355. The highest BCUT2D eigenvalue weighted by atomic mass is 35.5. The second-order valence-electron chi connectivity index (χ2n) is 3.77. The molecule has 6 heteroatoms. The lowest BCUT2D eigenvalue weighted by atomic mass is 9.93. The zero-order valence-electron chi connectivity index (χ0n) is 8.48. The van der Waals surface area contributed by atoms with Crippen molar-refractivity contribution in [3.05, 3.63) is 34.3 Å². The fraction of sp³-hybridized carbons (Fsp3) is 0.400. The van der Waals surface area contributed by atoms with Gasteiger partial charge in [0.25, 0.3) is 0 Å². The van der Waals surface area contributed by atoms with Crippen LogP contribution in [0.5, 0.6) is 0 Å². The molecular weight excluding hydrogens is 243 g/mol. The fourth-order valence-corrected chi connectivity index (χ4v) is 1.48. The van der Waals surface area contributed by atoms with Gasteiger partial charge in [0.15, 0.2) is 0 Å². The maximum absolute atomic E-state index is 12.4. The van der Waals surface area contributed by atoms with Crippen molar-refractivity contribution in [2.75, 3.05) is 6.61 Å². The first-order chi connectivity index (χ1) is 7.18. The van der Waals surface area contributed by atoms with Gasteiger partial charge in [0.2, 0.25) is 0 Å². The summed E-state index contributed by atoms with van der Waals surface area (Å²) >= 11 is 5.52. The Bertz CT molecular complexity index is 390. The molecule has 0 spiro atoms. The van der Waals surface area contributed by atoms with Crippen molar-refractivity contribution in [2.45, 2.75) is 18.6 Å². The molecule has 0 aliphatic rings. The molecule has 0 aliphatic heterocycles. The largest absolute Gasteiger partial charge is 0.417 e. The van der Waals surface area contributed by atoms with E-state index in [0.717, 1.165) is 12.1 Å². The molecule has 0 aromatic heterocycles. The van der Waals surface area contributed by atoms with Gasteiger partial charge in [-0.25, -0.2) is 0 Å². The minimum atomic E-state index is -4.49. The van der Waals surface area contributed by atoms with Gasteiger partial charge in [0.1, 0.15) is 0 Å². The van der Waals surface area contributed by atoms with Crippen LogP contribution in [-0.2, 0) is 11.7 Å². The van der Waals surface area contributed by atoms with Crippen LogP contribution in [-0.4, -0.2) is 11.7 Å². The van der Waals surface area contributed by atoms with Crippen LogP contribution in [0.2, 0.25) is 5.02 Å². The summed E-state index contributed by atoms with van der Waals surface area (Å²) in [5.41, 5.74) is 4.02. The molecule has 0 saturated heterocycles. The van der Waals surface area contributed by atoms with Crippen LogP contribution < -0.4 is 5.73 Å². The summed E-state index contributed by atoms with van der Waals surface area (Å²) in [5, 5.41) is 8.56. The molecule has 0 aliphatic carbocycles. The third kappa shape index (κ3) is 2.66. The zero-order chi connectivity index (χ0) is 12.6. The average Bonchev–Trinajstić information content (AvgIpc) is 2.15. The molecule has 0 amide bonds. The summed E-state index contributed by atoms with van der Waals surface area (Å²) in [6.07, 6.45) is -4.49. The van der Waals surface area contributed by atoms with E-state index in [-0.39, 0.29) is 6.61 Å². The zero-order valence-corrected chi connectivity index (χ0v) is 9.23. The summed E-state index contributed by atoms with van der Waals surface area (Å²) in [7, 11) is 0. The van der Waals surface area contributed by atoms with Crippen LogP contribution in [0.3, 0.4) is 0 Å². The second kappa shape index (κ2) is 4.24. The lowest BCUT2D eigenvalue weighted by Crippen LogP contribution is -2.37. The first-order valence-corrected chi connectivity index (χ1v) is 4.83. The predicted molar refractivity (Wildman–Crippen MR) is 55.1 cm³/mol. The van der Waals surface area contributed by atoms with Gasteiger partial charge in [0.05, 0.1) is 22.7 Å². The third-order valence-corrected chi connectivity index (χ3v) is 2.58. The van der Waals surface area contributed by atoms with Gasteiger partial charge in [-0.3, -0.25) is 0 Å². The van der Waals surface area contributed by atoms with Gasteiger partial charge in [-0.1, -0.05) is 17.7 Å². The van der Waals surface area contributed by atoms with Gasteiger partial charge in [-0.05, 0) is 24.6 Å². The van der Waals surface area contributed by atoms with Crippen LogP contribution in [0.15, 0.2) is 18.2 Å². The molecule has 1 unspecified atom stereocenters. The van der Waals surface area contributed by atoms with Gasteiger partial charge < -0.3 is 10.8 Å². The van der Waals surface area contributed by atoms with E-state index in [9.17, 15) is 13.2 Å². The molecule has 1 atom stereocenters. The van der Waals surface area contributed by atoms with Crippen molar-refractivity contribution in [1.82, 2.24) is 0 Å². The SMILES string of the molecule is CC(N)(CO)c1ccc(C(F)(F)F)c(Cl)c1. The molecule has 0 radical (unpaired) electrons. The average molecular weight is 254 g/mol. The molecule has 16 heavy (non-hydrogen) atoms. The van der Waals surface area contributed by atoms with Crippen LogP contribution in [0.25, 0.3) is 0 Å². The highest BCUT2D eigenvalue weighted by Crippen LogP contribution is 2.36. The summed E-state index contributed by atoms with van der Waals surface area (Å²) in [4.78, 5) is 0. The van der Waals surface area contributed by atoms with Crippen LogP contribution in [0, 0.1) is 0 Å². The second-order valence-corrected chi connectivity index (χ2v) is 4.18. The molecule has 0 fully saturated rings. The topological polar surface area (TPSA) is 46.2 Å². The van der Waals surface area contributed by atoms with Crippen LogP contribution in [0.4, 0.5) is 13.2 Å². The number of rotatable bonds is 2. The summed E-state index contributed by atoms with van der Waals surface area (Å²) in [6.45, 7) is 1.13. The third-order valence-electron chi connectivity index (χ3n) is 2.26. The first-order valence-electron chi connectivity index (χ1n) is 4.45. The quantitative estimate of drug-likeness (QED) is 0.851. The Hall–Kier alpha value is -0.780. The fourth-order valence-electron chi connectivity index (χ4n) is 1.19. The van der Waals surface area contributed by atoms with E-state index in [4.69, 9.17) is 22.4 Å². The number of nitrogens with two attached hydrogens (primary N) is 1. The van der Waals surface area contributed by atoms with Crippen molar-refractivity contribution in [1.29, 1.82) is 0 Å². The number of hydrogen-bond acceptors (Lipinski definition) is 2. The van der Waals surface area contributed by atoms with Crippen molar-refractivity contribution in [3.63, 3.8) is 0 Å². The van der Waals surface area contributed by atoms with E-state index in [1.54, 1.807) is 0 Å². The molecule has 2 nitrogen and oxygen atoms in total. The van der Waals surface area contributed by atoms with Crippen molar-refractivity contribution in [2.24, 2.45) is 5.73 Å². The standard InChI is InChI=1S/C10H11ClF3NO/c1-9(15,5-16)6-2-3-7(8(11)4-6)10(12,13)14/h2-4,16H,5,15H2,1H3. The van der Waals surface area contributed by atoms with E-state index < -0.39 is 22.3 Å². The molecule has 3 N–H and O–H groups in total. The monoisotopic (exact) mass is 253 g/mol.